The maximum atomic E-state index is 11.6. The summed E-state index contributed by atoms with van der Waals surface area (Å²) in [6, 6.07) is 0. The summed E-state index contributed by atoms with van der Waals surface area (Å²) in [7, 11) is 1.64. The standard InChI is InChI=1S/C16H27NO7/c1-15(2,8-21-5)9-22-10-16(3,4)11-23-14(20)24-17-12(18)6-7-13(17)19/h6-11H2,1-5H3. The number of carbonyl (C=O) groups excluding carboxylic acids is 3. The highest BCUT2D eigenvalue weighted by Gasteiger charge is 2.34. The van der Waals surface area contributed by atoms with Crippen molar-refractivity contribution in [2.75, 3.05) is 33.5 Å². The maximum Gasteiger partial charge on any atom is 0.533 e. The van der Waals surface area contributed by atoms with E-state index in [1.807, 2.05) is 27.7 Å². The summed E-state index contributed by atoms with van der Waals surface area (Å²) < 4.78 is 15.8. The monoisotopic (exact) mass is 345 g/mol. The van der Waals surface area contributed by atoms with Gasteiger partial charge in [-0.2, -0.15) is 0 Å². The molecule has 0 aromatic rings. The summed E-state index contributed by atoms with van der Waals surface area (Å²) in [6.07, 6.45) is -0.989. The first kappa shape index (κ1) is 20.4. The van der Waals surface area contributed by atoms with E-state index in [1.165, 1.54) is 0 Å². The molecule has 1 saturated heterocycles. The van der Waals surface area contributed by atoms with E-state index in [0.717, 1.165) is 0 Å². The molecule has 1 aliphatic heterocycles. The molecule has 138 valence electrons. The van der Waals surface area contributed by atoms with Gasteiger partial charge in [-0.15, -0.1) is 0 Å². The minimum Gasteiger partial charge on any atom is -0.432 e. The molecule has 0 saturated carbocycles. The van der Waals surface area contributed by atoms with Crippen molar-refractivity contribution in [1.29, 1.82) is 0 Å². The molecule has 0 radical (unpaired) electrons. The lowest BCUT2D eigenvalue weighted by atomic mass is 9.94. The van der Waals surface area contributed by atoms with Gasteiger partial charge >= 0.3 is 6.16 Å². The number of rotatable bonds is 9. The molecule has 8 nitrogen and oxygen atoms in total. The predicted octanol–water partition coefficient (Wildman–Crippen LogP) is 1.92. The van der Waals surface area contributed by atoms with Gasteiger partial charge in [0.2, 0.25) is 0 Å². The molecular formula is C16H27NO7. The Kier molecular flexibility index (Phi) is 7.16. The molecule has 8 heteroatoms. The smallest absolute Gasteiger partial charge is 0.432 e. The van der Waals surface area contributed by atoms with Gasteiger partial charge in [0.05, 0.1) is 19.8 Å². The van der Waals surface area contributed by atoms with Crippen molar-refractivity contribution >= 4 is 18.0 Å². The lowest BCUT2D eigenvalue weighted by Gasteiger charge is -2.28. The second kappa shape index (κ2) is 8.43. The van der Waals surface area contributed by atoms with Crippen molar-refractivity contribution in [3.8, 4) is 0 Å². The van der Waals surface area contributed by atoms with Crippen molar-refractivity contribution in [3.05, 3.63) is 0 Å². The molecule has 1 aliphatic rings. The Morgan fingerprint density at radius 3 is 1.96 bits per heavy atom. The fourth-order valence-electron chi connectivity index (χ4n) is 2.09. The summed E-state index contributed by atoms with van der Waals surface area (Å²) in [6.45, 7) is 9.29. The summed E-state index contributed by atoms with van der Waals surface area (Å²) in [5.74, 6) is -1.08. The third-order valence-electron chi connectivity index (χ3n) is 3.27. The number of nitrogens with zero attached hydrogens (tertiary/aromatic N) is 1. The number of ether oxygens (including phenoxy) is 3. The van der Waals surface area contributed by atoms with E-state index < -0.39 is 23.4 Å². The SMILES string of the molecule is COCC(C)(C)COCC(C)(C)COC(=O)ON1C(=O)CCC1=O. The van der Waals surface area contributed by atoms with Gasteiger partial charge < -0.3 is 14.2 Å². The van der Waals surface area contributed by atoms with E-state index >= 15 is 0 Å². The maximum absolute atomic E-state index is 11.6. The van der Waals surface area contributed by atoms with Crippen LogP contribution < -0.4 is 0 Å². The van der Waals surface area contributed by atoms with Crippen molar-refractivity contribution < 1.29 is 33.4 Å². The number of amides is 2. The Labute approximate surface area is 142 Å². The normalized spacial score (nSPS) is 15.8. The van der Waals surface area contributed by atoms with Gasteiger partial charge in [0, 0.05) is 30.8 Å². The third kappa shape index (κ3) is 6.84. The average molecular weight is 345 g/mol. The van der Waals surface area contributed by atoms with Crippen LogP contribution in [0.3, 0.4) is 0 Å². The van der Waals surface area contributed by atoms with Crippen molar-refractivity contribution in [2.24, 2.45) is 10.8 Å². The van der Waals surface area contributed by atoms with E-state index in [0.29, 0.717) is 24.9 Å². The largest absolute Gasteiger partial charge is 0.533 e. The van der Waals surface area contributed by atoms with Gasteiger partial charge in [-0.3, -0.25) is 14.4 Å². The molecule has 1 fully saturated rings. The Morgan fingerprint density at radius 2 is 1.46 bits per heavy atom. The number of hydrogen-bond donors (Lipinski definition) is 0. The predicted molar refractivity (Wildman–Crippen MR) is 83.8 cm³/mol. The summed E-state index contributed by atoms with van der Waals surface area (Å²) in [4.78, 5) is 38.9. The van der Waals surface area contributed by atoms with Crippen LogP contribution in [0.25, 0.3) is 0 Å². The zero-order valence-electron chi connectivity index (χ0n) is 15.0. The Bertz CT molecular complexity index is 457. The van der Waals surface area contributed by atoms with Crippen LogP contribution in [0.1, 0.15) is 40.5 Å². The van der Waals surface area contributed by atoms with Crippen LogP contribution >= 0.6 is 0 Å². The van der Waals surface area contributed by atoms with Gasteiger partial charge in [-0.1, -0.05) is 32.8 Å². The van der Waals surface area contributed by atoms with Crippen molar-refractivity contribution in [3.63, 3.8) is 0 Å². The Hall–Kier alpha value is -1.67. The van der Waals surface area contributed by atoms with Gasteiger partial charge in [-0.25, -0.2) is 4.79 Å². The van der Waals surface area contributed by atoms with Crippen LogP contribution in [0.15, 0.2) is 0 Å². The van der Waals surface area contributed by atoms with E-state index in [1.54, 1.807) is 7.11 Å². The van der Waals surface area contributed by atoms with Crippen molar-refractivity contribution in [2.45, 2.75) is 40.5 Å². The zero-order valence-corrected chi connectivity index (χ0v) is 15.0. The highest BCUT2D eigenvalue weighted by atomic mass is 16.8. The molecule has 0 aromatic carbocycles. The number of hydroxylamine groups is 2. The summed E-state index contributed by atoms with van der Waals surface area (Å²) >= 11 is 0. The summed E-state index contributed by atoms with van der Waals surface area (Å²) in [5, 5.41) is 0.457. The number of imide groups is 1. The fourth-order valence-corrected chi connectivity index (χ4v) is 2.09. The molecule has 0 bridgehead atoms. The number of methoxy groups -OCH3 is 1. The first-order valence-corrected chi connectivity index (χ1v) is 7.83. The van der Waals surface area contributed by atoms with Crippen molar-refractivity contribution in [1.82, 2.24) is 5.06 Å². The molecule has 2 amide bonds. The molecule has 1 rings (SSSR count). The van der Waals surface area contributed by atoms with Crippen LogP contribution in [0.5, 0.6) is 0 Å². The molecule has 0 aromatic heterocycles. The van der Waals surface area contributed by atoms with Crippen LogP contribution in [0.4, 0.5) is 4.79 Å². The van der Waals surface area contributed by atoms with E-state index in [-0.39, 0.29) is 24.9 Å². The zero-order chi connectivity index (χ0) is 18.4. The third-order valence-corrected chi connectivity index (χ3v) is 3.27. The van der Waals surface area contributed by atoms with Crippen LogP contribution in [0, 0.1) is 10.8 Å². The molecule has 0 unspecified atom stereocenters. The summed E-state index contributed by atoms with van der Waals surface area (Å²) in [5.41, 5.74) is -0.553. The lowest BCUT2D eigenvalue weighted by molar-refractivity contribution is -0.178. The molecule has 0 spiro atoms. The molecular weight excluding hydrogens is 318 g/mol. The second-order valence-electron chi connectivity index (χ2n) is 7.47. The minimum atomic E-state index is -1.08. The van der Waals surface area contributed by atoms with Gasteiger partial charge in [0.15, 0.2) is 0 Å². The molecule has 24 heavy (non-hydrogen) atoms. The van der Waals surface area contributed by atoms with Gasteiger partial charge in [0.1, 0.15) is 6.61 Å². The Balaban J connectivity index is 2.32. The Morgan fingerprint density at radius 1 is 0.958 bits per heavy atom. The lowest BCUT2D eigenvalue weighted by Crippen LogP contribution is -2.35. The van der Waals surface area contributed by atoms with Crippen LogP contribution in [-0.2, 0) is 28.6 Å². The quantitative estimate of drug-likeness (QED) is 0.466. The molecule has 0 N–H and O–H groups in total. The second-order valence-corrected chi connectivity index (χ2v) is 7.47. The van der Waals surface area contributed by atoms with E-state index in [9.17, 15) is 14.4 Å². The van der Waals surface area contributed by atoms with Gasteiger partial charge in [0.25, 0.3) is 11.8 Å². The first-order valence-electron chi connectivity index (χ1n) is 7.83. The van der Waals surface area contributed by atoms with Crippen LogP contribution in [-0.4, -0.2) is 56.6 Å². The topological polar surface area (TPSA) is 91.4 Å². The van der Waals surface area contributed by atoms with E-state index in [4.69, 9.17) is 14.2 Å². The highest BCUT2D eigenvalue weighted by molar-refractivity contribution is 6.01. The minimum absolute atomic E-state index is 0.0345. The van der Waals surface area contributed by atoms with E-state index in [2.05, 4.69) is 4.84 Å². The first-order chi connectivity index (χ1) is 11.1. The molecule has 0 aliphatic carbocycles. The molecule has 1 heterocycles. The number of hydrogen-bond acceptors (Lipinski definition) is 7. The van der Waals surface area contributed by atoms with Gasteiger partial charge in [-0.05, 0) is 0 Å². The number of carbonyl (C=O) groups is 3. The highest BCUT2D eigenvalue weighted by Crippen LogP contribution is 2.21. The van der Waals surface area contributed by atoms with Crippen LogP contribution in [0.2, 0.25) is 0 Å². The average Bonchev–Trinajstić information content (AvgIpc) is 2.76. The fraction of sp³-hybridized carbons (Fsp3) is 0.812. The molecule has 0 atom stereocenters.